The average Bonchev–Trinajstić information content (AvgIpc) is 2.77. The van der Waals surface area contributed by atoms with Gasteiger partial charge in [-0.1, -0.05) is 104 Å². The number of carbonyl (C=O) groups excluding carboxylic acids is 2. The van der Waals surface area contributed by atoms with Crippen LogP contribution in [0.4, 0.5) is 0 Å². The number of carbonyl (C=O) groups is 2. The van der Waals surface area contributed by atoms with E-state index in [2.05, 4.69) is 20.8 Å². The van der Waals surface area contributed by atoms with E-state index in [1.165, 1.54) is 64.2 Å². The molecule has 0 saturated heterocycles. The molecule has 0 fully saturated rings. The zero-order valence-corrected chi connectivity index (χ0v) is 21.1. The highest BCUT2D eigenvalue weighted by atomic mass is 16.5. The van der Waals surface area contributed by atoms with Gasteiger partial charge in [-0.3, -0.25) is 9.59 Å². The van der Waals surface area contributed by atoms with E-state index in [9.17, 15) is 9.59 Å². The van der Waals surface area contributed by atoms with Crippen molar-refractivity contribution in [2.45, 2.75) is 143 Å². The number of rotatable bonds is 23. The van der Waals surface area contributed by atoms with Crippen LogP contribution in [0.15, 0.2) is 0 Å². The first kappa shape index (κ1) is 29.9. The lowest BCUT2D eigenvalue weighted by Gasteiger charge is -2.14. The van der Waals surface area contributed by atoms with Crippen molar-refractivity contribution in [3.63, 3.8) is 0 Å². The van der Waals surface area contributed by atoms with Crippen LogP contribution in [0.3, 0.4) is 0 Å². The van der Waals surface area contributed by atoms with Crippen molar-refractivity contribution in [1.29, 1.82) is 0 Å². The van der Waals surface area contributed by atoms with E-state index in [4.69, 9.17) is 9.47 Å². The summed E-state index contributed by atoms with van der Waals surface area (Å²) in [5.41, 5.74) is 0. The standard InChI is InChI=1S/C27H52O4/c1-4-7-9-10-11-12-13-14-15-19-23-30-26(28)21-17-16-18-22-27(29)31-24-25(6-3)20-8-5-2/h25H,4-24H2,1-3H3. The Labute approximate surface area is 193 Å². The predicted octanol–water partition coefficient (Wildman–Crippen LogP) is 8.16. The molecular weight excluding hydrogens is 388 g/mol. The molecule has 0 aliphatic rings. The van der Waals surface area contributed by atoms with Gasteiger partial charge in [-0.2, -0.15) is 0 Å². The van der Waals surface area contributed by atoms with Gasteiger partial charge >= 0.3 is 11.9 Å². The third-order valence-electron chi connectivity index (χ3n) is 6.05. The molecular formula is C27H52O4. The van der Waals surface area contributed by atoms with Crippen molar-refractivity contribution in [2.75, 3.05) is 13.2 Å². The molecule has 0 amide bonds. The van der Waals surface area contributed by atoms with Crippen LogP contribution < -0.4 is 0 Å². The van der Waals surface area contributed by atoms with E-state index >= 15 is 0 Å². The molecule has 0 radical (unpaired) electrons. The second kappa shape index (κ2) is 23.6. The van der Waals surface area contributed by atoms with Crippen LogP contribution in [0.1, 0.15) is 143 Å². The fraction of sp³-hybridized carbons (Fsp3) is 0.926. The van der Waals surface area contributed by atoms with Crippen molar-refractivity contribution in [3.8, 4) is 0 Å². The minimum atomic E-state index is -0.0986. The molecule has 4 nitrogen and oxygen atoms in total. The van der Waals surface area contributed by atoms with Crippen molar-refractivity contribution < 1.29 is 19.1 Å². The zero-order valence-electron chi connectivity index (χ0n) is 21.1. The smallest absolute Gasteiger partial charge is 0.305 e. The Morgan fingerprint density at radius 2 is 1.06 bits per heavy atom. The van der Waals surface area contributed by atoms with Crippen molar-refractivity contribution in [1.82, 2.24) is 0 Å². The normalized spacial score (nSPS) is 12.0. The molecule has 0 aliphatic heterocycles. The summed E-state index contributed by atoms with van der Waals surface area (Å²) in [6, 6.07) is 0. The molecule has 1 unspecified atom stereocenters. The summed E-state index contributed by atoms with van der Waals surface area (Å²) >= 11 is 0. The van der Waals surface area contributed by atoms with E-state index < -0.39 is 0 Å². The van der Waals surface area contributed by atoms with Crippen molar-refractivity contribution in [3.05, 3.63) is 0 Å². The Kier molecular flexibility index (Phi) is 22.8. The van der Waals surface area contributed by atoms with E-state index in [1.807, 2.05) is 0 Å². The zero-order chi connectivity index (χ0) is 23.0. The minimum absolute atomic E-state index is 0.0970. The summed E-state index contributed by atoms with van der Waals surface area (Å²) < 4.78 is 10.7. The SMILES string of the molecule is CCCCCCCCCCCCOC(=O)CCCCCC(=O)OCC(CC)CCCC. The van der Waals surface area contributed by atoms with Crippen LogP contribution in [0.5, 0.6) is 0 Å². The molecule has 0 N–H and O–H groups in total. The molecule has 0 heterocycles. The third kappa shape index (κ3) is 21.9. The lowest BCUT2D eigenvalue weighted by molar-refractivity contribution is -0.145. The van der Waals surface area contributed by atoms with Gasteiger partial charge in [-0.15, -0.1) is 0 Å². The van der Waals surface area contributed by atoms with Gasteiger partial charge in [0.25, 0.3) is 0 Å². The van der Waals surface area contributed by atoms with E-state index in [0.29, 0.717) is 32.0 Å². The summed E-state index contributed by atoms with van der Waals surface area (Å²) in [5, 5.41) is 0. The second-order valence-electron chi connectivity index (χ2n) is 9.06. The van der Waals surface area contributed by atoms with Gasteiger partial charge in [-0.05, 0) is 31.6 Å². The van der Waals surface area contributed by atoms with E-state index in [0.717, 1.165) is 44.9 Å². The van der Waals surface area contributed by atoms with Crippen LogP contribution in [0.25, 0.3) is 0 Å². The molecule has 4 heteroatoms. The minimum Gasteiger partial charge on any atom is -0.466 e. The van der Waals surface area contributed by atoms with Crippen LogP contribution in [0, 0.1) is 5.92 Å². The number of hydrogen-bond donors (Lipinski definition) is 0. The average molecular weight is 441 g/mol. The fourth-order valence-corrected chi connectivity index (χ4v) is 3.74. The van der Waals surface area contributed by atoms with Gasteiger partial charge in [0.15, 0.2) is 0 Å². The van der Waals surface area contributed by atoms with Gasteiger partial charge in [0, 0.05) is 12.8 Å². The molecule has 0 aromatic carbocycles. The summed E-state index contributed by atoms with van der Waals surface area (Å²) in [7, 11) is 0. The third-order valence-corrected chi connectivity index (χ3v) is 6.05. The lowest BCUT2D eigenvalue weighted by atomic mass is 10.0. The maximum atomic E-state index is 11.8. The first-order valence-electron chi connectivity index (χ1n) is 13.4. The molecule has 31 heavy (non-hydrogen) atoms. The summed E-state index contributed by atoms with van der Waals surface area (Å²) in [6.45, 7) is 7.71. The van der Waals surface area contributed by atoms with Crippen LogP contribution in [-0.4, -0.2) is 25.2 Å². The number of ether oxygens (including phenoxy) is 2. The first-order valence-corrected chi connectivity index (χ1v) is 13.4. The van der Waals surface area contributed by atoms with Crippen LogP contribution >= 0.6 is 0 Å². The molecule has 0 spiro atoms. The largest absolute Gasteiger partial charge is 0.466 e. The number of esters is 2. The molecule has 0 aliphatic carbocycles. The Morgan fingerprint density at radius 3 is 1.61 bits per heavy atom. The molecule has 0 aromatic rings. The van der Waals surface area contributed by atoms with Crippen molar-refractivity contribution in [2.24, 2.45) is 5.92 Å². The number of unbranched alkanes of at least 4 members (excludes halogenated alkanes) is 12. The van der Waals surface area contributed by atoms with Gasteiger partial charge < -0.3 is 9.47 Å². The predicted molar refractivity (Wildman–Crippen MR) is 130 cm³/mol. The van der Waals surface area contributed by atoms with Gasteiger partial charge in [-0.25, -0.2) is 0 Å². The lowest BCUT2D eigenvalue weighted by Crippen LogP contribution is -2.13. The molecule has 0 rings (SSSR count). The van der Waals surface area contributed by atoms with Crippen molar-refractivity contribution >= 4 is 11.9 Å². The van der Waals surface area contributed by atoms with Crippen LogP contribution in [-0.2, 0) is 19.1 Å². The Balaban J connectivity index is 3.41. The summed E-state index contributed by atoms with van der Waals surface area (Å²) in [4.78, 5) is 23.6. The van der Waals surface area contributed by atoms with Gasteiger partial charge in [0.1, 0.15) is 0 Å². The summed E-state index contributed by atoms with van der Waals surface area (Å²) in [5.74, 6) is 0.299. The highest BCUT2D eigenvalue weighted by Crippen LogP contribution is 2.14. The maximum absolute atomic E-state index is 11.8. The first-order chi connectivity index (χ1) is 15.1. The highest BCUT2D eigenvalue weighted by molar-refractivity contribution is 5.69. The quantitative estimate of drug-likeness (QED) is 0.119. The summed E-state index contributed by atoms with van der Waals surface area (Å²) in [6.07, 6.45) is 20.8. The Bertz CT molecular complexity index is 408. The second-order valence-corrected chi connectivity index (χ2v) is 9.06. The maximum Gasteiger partial charge on any atom is 0.305 e. The van der Waals surface area contributed by atoms with E-state index in [1.54, 1.807) is 0 Å². The van der Waals surface area contributed by atoms with Crippen LogP contribution in [0.2, 0.25) is 0 Å². The fourth-order valence-electron chi connectivity index (χ4n) is 3.74. The van der Waals surface area contributed by atoms with E-state index in [-0.39, 0.29) is 11.9 Å². The highest BCUT2D eigenvalue weighted by Gasteiger charge is 2.10. The molecule has 0 bridgehead atoms. The van der Waals surface area contributed by atoms with Gasteiger partial charge in [0.05, 0.1) is 13.2 Å². The molecule has 184 valence electrons. The Hall–Kier alpha value is -1.06. The topological polar surface area (TPSA) is 52.6 Å². The molecule has 1 atom stereocenters. The molecule has 0 aromatic heterocycles. The number of hydrogen-bond acceptors (Lipinski definition) is 4. The Morgan fingerprint density at radius 1 is 0.581 bits per heavy atom. The van der Waals surface area contributed by atoms with Gasteiger partial charge in [0.2, 0.25) is 0 Å². The molecule has 0 saturated carbocycles. The monoisotopic (exact) mass is 440 g/mol.